The molecule has 2 amide bonds. The van der Waals surface area contributed by atoms with Crippen LogP contribution in [-0.2, 0) is 14.3 Å². The van der Waals surface area contributed by atoms with Crippen molar-refractivity contribution in [2.75, 3.05) is 16.8 Å². The van der Waals surface area contributed by atoms with Crippen molar-refractivity contribution in [2.24, 2.45) is 0 Å². The Balaban J connectivity index is 1.72. The molecule has 2 aromatic rings. The molecule has 0 unspecified atom stereocenters. The van der Waals surface area contributed by atoms with Crippen LogP contribution in [0.15, 0.2) is 63.7 Å². The Bertz CT molecular complexity index is 971. The molecule has 0 aromatic heterocycles. The maximum Gasteiger partial charge on any atom is 0.338 e. The number of carbonyl (C=O) groups is 3. The van der Waals surface area contributed by atoms with Crippen LogP contribution in [0.5, 0.6) is 0 Å². The van der Waals surface area contributed by atoms with E-state index in [1.165, 1.54) is 0 Å². The zero-order chi connectivity index (χ0) is 21.0. The van der Waals surface area contributed by atoms with E-state index in [1.807, 2.05) is 6.92 Å². The summed E-state index contributed by atoms with van der Waals surface area (Å²) in [5.41, 5.74) is 1.32. The molecule has 1 N–H and O–H groups in total. The number of anilines is 2. The third kappa shape index (κ3) is 4.68. The van der Waals surface area contributed by atoms with Crippen LogP contribution < -0.4 is 10.2 Å². The van der Waals surface area contributed by atoms with Gasteiger partial charge in [-0.3, -0.25) is 9.59 Å². The highest BCUT2D eigenvalue weighted by molar-refractivity contribution is 9.10. The monoisotopic (exact) mass is 476 g/mol. The van der Waals surface area contributed by atoms with Crippen molar-refractivity contribution < 1.29 is 19.1 Å². The number of nitrogens with zero attached hydrogens (tertiary/aromatic N) is 1. The van der Waals surface area contributed by atoms with E-state index in [1.54, 1.807) is 48.5 Å². The van der Waals surface area contributed by atoms with E-state index >= 15 is 0 Å². The van der Waals surface area contributed by atoms with Gasteiger partial charge in [-0.15, -0.1) is 0 Å². The molecule has 1 aliphatic rings. The van der Waals surface area contributed by atoms with Gasteiger partial charge in [0.1, 0.15) is 10.7 Å². The minimum atomic E-state index is -0.599. The summed E-state index contributed by atoms with van der Waals surface area (Å²) in [7, 11) is 0. The average molecular weight is 478 g/mol. The number of esters is 1. The Labute approximate surface area is 181 Å². The molecule has 0 atom stereocenters. The average Bonchev–Trinajstić information content (AvgIpc) is 2.93. The zero-order valence-corrected chi connectivity index (χ0v) is 17.9. The Morgan fingerprint density at radius 2 is 1.72 bits per heavy atom. The Kier molecular flexibility index (Phi) is 6.71. The number of unbranched alkanes of at least 4 members (excludes halogenated alkanes) is 1. The number of rotatable bonds is 7. The van der Waals surface area contributed by atoms with Crippen LogP contribution >= 0.6 is 27.5 Å². The zero-order valence-electron chi connectivity index (χ0n) is 15.6. The third-order valence-electron chi connectivity index (χ3n) is 4.23. The number of amides is 2. The highest BCUT2D eigenvalue weighted by Gasteiger charge is 2.38. The van der Waals surface area contributed by atoms with E-state index in [-0.39, 0.29) is 10.7 Å². The number of hydrogen-bond acceptors (Lipinski definition) is 5. The van der Waals surface area contributed by atoms with Gasteiger partial charge in [-0.1, -0.05) is 40.9 Å². The molecule has 1 heterocycles. The highest BCUT2D eigenvalue weighted by atomic mass is 79.9. The molecule has 6 nitrogen and oxygen atoms in total. The lowest BCUT2D eigenvalue weighted by atomic mass is 10.2. The van der Waals surface area contributed by atoms with Crippen molar-refractivity contribution >= 4 is 56.7 Å². The van der Waals surface area contributed by atoms with Crippen LogP contribution in [0.25, 0.3) is 0 Å². The molecular formula is C21H18BrClN2O4. The summed E-state index contributed by atoms with van der Waals surface area (Å²) in [6.07, 6.45) is 1.75. The minimum absolute atomic E-state index is 0.0159. The lowest BCUT2D eigenvalue weighted by Crippen LogP contribution is -2.32. The highest BCUT2D eigenvalue weighted by Crippen LogP contribution is 2.30. The van der Waals surface area contributed by atoms with Gasteiger partial charge in [-0.2, -0.15) is 0 Å². The normalized spacial score (nSPS) is 13.8. The predicted octanol–water partition coefficient (Wildman–Crippen LogP) is 4.84. The fourth-order valence-electron chi connectivity index (χ4n) is 2.66. The van der Waals surface area contributed by atoms with Gasteiger partial charge in [-0.05, 0) is 55.0 Å². The van der Waals surface area contributed by atoms with E-state index < -0.39 is 17.8 Å². The van der Waals surface area contributed by atoms with Crippen LogP contribution in [0.1, 0.15) is 30.1 Å². The minimum Gasteiger partial charge on any atom is -0.462 e. The first-order chi connectivity index (χ1) is 13.9. The van der Waals surface area contributed by atoms with Crippen LogP contribution in [0.2, 0.25) is 0 Å². The molecule has 0 saturated heterocycles. The quantitative estimate of drug-likeness (QED) is 0.351. The van der Waals surface area contributed by atoms with E-state index in [4.69, 9.17) is 16.3 Å². The summed E-state index contributed by atoms with van der Waals surface area (Å²) in [5, 5.41) is 2.68. The van der Waals surface area contributed by atoms with Crippen molar-refractivity contribution in [1.82, 2.24) is 0 Å². The molecule has 0 spiro atoms. The first kappa shape index (κ1) is 21.1. The molecular weight excluding hydrogens is 460 g/mol. The summed E-state index contributed by atoms with van der Waals surface area (Å²) in [5.74, 6) is -1.56. The molecule has 0 fully saturated rings. The molecule has 0 radical (unpaired) electrons. The largest absolute Gasteiger partial charge is 0.462 e. The molecule has 3 rings (SSSR count). The summed E-state index contributed by atoms with van der Waals surface area (Å²) >= 11 is 9.44. The van der Waals surface area contributed by atoms with Crippen molar-refractivity contribution in [1.29, 1.82) is 0 Å². The SMILES string of the molecule is CCCCOC(=O)c1ccc(NC2=C(Cl)C(=O)N(c3ccc(Br)cc3)C2=O)cc1. The van der Waals surface area contributed by atoms with Crippen LogP contribution in [0.3, 0.4) is 0 Å². The standard InChI is InChI=1S/C21H18BrClN2O4/c1-2-3-12-29-21(28)13-4-8-15(9-5-13)24-18-17(23)19(26)25(20(18)27)16-10-6-14(22)7-11-16/h4-11,24H,2-3,12H2,1H3. The van der Waals surface area contributed by atoms with Gasteiger partial charge >= 0.3 is 5.97 Å². The second-order valence-corrected chi connectivity index (χ2v) is 7.60. The summed E-state index contributed by atoms with van der Waals surface area (Å²) < 4.78 is 5.99. The van der Waals surface area contributed by atoms with Gasteiger partial charge in [0.2, 0.25) is 0 Å². The molecule has 8 heteroatoms. The molecule has 0 aliphatic carbocycles. The number of halogens is 2. The summed E-state index contributed by atoms with van der Waals surface area (Å²) in [4.78, 5) is 38.2. The number of hydrogen-bond donors (Lipinski definition) is 1. The van der Waals surface area contributed by atoms with Crippen LogP contribution in [-0.4, -0.2) is 24.4 Å². The Morgan fingerprint density at radius 3 is 2.34 bits per heavy atom. The van der Waals surface area contributed by atoms with E-state index in [0.29, 0.717) is 23.5 Å². The number of carbonyl (C=O) groups excluding carboxylic acids is 3. The van der Waals surface area contributed by atoms with E-state index in [0.717, 1.165) is 22.2 Å². The van der Waals surface area contributed by atoms with E-state index in [9.17, 15) is 14.4 Å². The second kappa shape index (κ2) is 9.24. The third-order valence-corrected chi connectivity index (χ3v) is 5.11. The fraction of sp³-hybridized carbons (Fsp3) is 0.190. The topological polar surface area (TPSA) is 75.7 Å². The molecule has 0 bridgehead atoms. The number of imide groups is 1. The van der Waals surface area contributed by atoms with Crippen molar-refractivity contribution in [2.45, 2.75) is 19.8 Å². The van der Waals surface area contributed by atoms with Crippen molar-refractivity contribution in [3.63, 3.8) is 0 Å². The van der Waals surface area contributed by atoms with Gasteiger partial charge in [0, 0.05) is 10.2 Å². The van der Waals surface area contributed by atoms with Crippen LogP contribution in [0, 0.1) is 0 Å². The Hall–Kier alpha value is -2.64. The lowest BCUT2D eigenvalue weighted by molar-refractivity contribution is -0.120. The summed E-state index contributed by atoms with van der Waals surface area (Å²) in [6.45, 7) is 2.39. The fourth-order valence-corrected chi connectivity index (χ4v) is 3.14. The maximum absolute atomic E-state index is 12.8. The lowest BCUT2D eigenvalue weighted by Gasteiger charge is -2.15. The Morgan fingerprint density at radius 1 is 1.07 bits per heavy atom. The van der Waals surface area contributed by atoms with Gasteiger partial charge in [-0.25, -0.2) is 9.69 Å². The second-order valence-electron chi connectivity index (χ2n) is 6.30. The van der Waals surface area contributed by atoms with Crippen LogP contribution in [0.4, 0.5) is 11.4 Å². The van der Waals surface area contributed by atoms with Gasteiger partial charge in [0.05, 0.1) is 17.9 Å². The molecule has 29 heavy (non-hydrogen) atoms. The number of ether oxygens (including phenoxy) is 1. The molecule has 150 valence electrons. The predicted molar refractivity (Wildman–Crippen MR) is 115 cm³/mol. The molecule has 0 saturated carbocycles. The van der Waals surface area contributed by atoms with E-state index in [2.05, 4.69) is 21.2 Å². The van der Waals surface area contributed by atoms with Crippen molar-refractivity contribution in [3.05, 3.63) is 69.3 Å². The van der Waals surface area contributed by atoms with Crippen molar-refractivity contribution in [3.8, 4) is 0 Å². The smallest absolute Gasteiger partial charge is 0.338 e. The first-order valence-electron chi connectivity index (χ1n) is 9.00. The maximum atomic E-state index is 12.8. The first-order valence-corrected chi connectivity index (χ1v) is 10.2. The number of nitrogens with one attached hydrogen (secondary N) is 1. The molecule has 2 aromatic carbocycles. The molecule has 1 aliphatic heterocycles. The number of benzene rings is 2. The van der Waals surface area contributed by atoms with Gasteiger partial charge < -0.3 is 10.1 Å². The van der Waals surface area contributed by atoms with Gasteiger partial charge in [0.25, 0.3) is 11.8 Å². The van der Waals surface area contributed by atoms with Gasteiger partial charge in [0.15, 0.2) is 0 Å². The summed E-state index contributed by atoms with van der Waals surface area (Å²) in [6, 6.07) is 13.2.